The average Bonchev–Trinajstić information content (AvgIpc) is 2.69. The van der Waals surface area contributed by atoms with Gasteiger partial charge in [-0.15, -0.1) is 0 Å². The van der Waals surface area contributed by atoms with Gasteiger partial charge in [0, 0.05) is 43.3 Å². The Labute approximate surface area is 227 Å². The summed E-state index contributed by atoms with van der Waals surface area (Å²) in [5, 5.41) is 8.24. The van der Waals surface area contributed by atoms with Crippen LogP contribution in [0.25, 0.3) is 12.2 Å². The third kappa shape index (κ3) is 17.5. The molecule has 162 valence electrons. The van der Waals surface area contributed by atoms with Crippen molar-refractivity contribution < 1.29 is 40.7 Å². The van der Waals surface area contributed by atoms with Crippen molar-refractivity contribution in [2.75, 3.05) is 0 Å². The van der Waals surface area contributed by atoms with E-state index in [9.17, 15) is 22.4 Å². The summed E-state index contributed by atoms with van der Waals surface area (Å²) in [7, 11) is 0. The molecule has 0 radical (unpaired) electrons. The SMILES string of the molecule is Fc1ccc(/C=C/Br)cc1F.II.I[I-]I.O=C(O)/C=C/c1ccc(F)c(F)c1. The van der Waals surface area contributed by atoms with Crippen molar-refractivity contribution in [3.05, 3.63) is 81.9 Å². The molecule has 2 rings (SSSR count). The van der Waals surface area contributed by atoms with E-state index in [4.69, 9.17) is 5.11 Å². The van der Waals surface area contributed by atoms with Crippen molar-refractivity contribution in [1.82, 2.24) is 0 Å². The number of carboxylic acids is 1. The van der Waals surface area contributed by atoms with Crippen molar-refractivity contribution in [3.8, 4) is 0 Å². The Morgan fingerprint density at radius 2 is 1.24 bits per heavy atom. The molecule has 0 atom stereocenters. The molecule has 0 unspecified atom stereocenters. The maximum absolute atomic E-state index is 12.5. The van der Waals surface area contributed by atoms with E-state index in [0.717, 1.165) is 30.3 Å². The van der Waals surface area contributed by atoms with Gasteiger partial charge in [-0.2, -0.15) is 0 Å². The number of hydrogen-bond donors (Lipinski definition) is 1. The standard InChI is InChI=1S/C9H6F2O2.C8H5BrF2.I3.I2/c10-7-3-1-6(5-8(7)11)2-4-9(12)13;9-4-3-6-1-2-7(10)8(11)5-6;1-3-2;1-2/h1-5H,(H,12,13);1-5H;;/q;;-1;/b4-2+;4-3+;;. The Kier molecular flexibility index (Phi) is 23.6. The summed E-state index contributed by atoms with van der Waals surface area (Å²) in [5.41, 5.74) is 0.932. The van der Waals surface area contributed by atoms with Crippen LogP contribution in [0.4, 0.5) is 17.6 Å². The fourth-order valence-corrected chi connectivity index (χ4v) is 1.78. The number of hydrogen-bond acceptors (Lipinski definition) is 1. The summed E-state index contributed by atoms with van der Waals surface area (Å²) in [6.07, 6.45) is 3.67. The minimum atomic E-state index is -1.13. The molecule has 0 fully saturated rings. The van der Waals surface area contributed by atoms with Crippen molar-refractivity contribution in [3.63, 3.8) is 0 Å². The van der Waals surface area contributed by atoms with Gasteiger partial charge in [0.25, 0.3) is 0 Å². The number of benzene rings is 2. The van der Waals surface area contributed by atoms with E-state index >= 15 is 0 Å². The molecule has 0 aliphatic rings. The van der Waals surface area contributed by atoms with Gasteiger partial charge in [0.2, 0.25) is 0 Å². The van der Waals surface area contributed by atoms with Crippen molar-refractivity contribution in [1.29, 1.82) is 0 Å². The van der Waals surface area contributed by atoms with Crippen LogP contribution in [0.15, 0.2) is 47.5 Å². The van der Waals surface area contributed by atoms with Crippen LogP contribution >= 0.6 is 90.4 Å². The predicted molar refractivity (Wildman–Crippen MR) is 143 cm³/mol. The molecule has 0 aliphatic heterocycles. The van der Waals surface area contributed by atoms with Gasteiger partial charge < -0.3 is 5.11 Å². The molecule has 2 aromatic rings. The molecule has 2 aromatic carbocycles. The number of carboxylic acid groups (broad SMARTS) is 1. The van der Waals surface area contributed by atoms with Gasteiger partial charge in [0.05, 0.1) is 0 Å². The zero-order valence-electron chi connectivity index (χ0n) is 13.9. The van der Waals surface area contributed by atoms with Crippen molar-refractivity contribution >= 4 is 109 Å². The molecular formula is C17H11BrF4I5O2-. The Hall–Kier alpha value is 1.24. The number of carbonyl (C=O) groups is 1. The smallest absolute Gasteiger partial charge is 0.328 e. The van der Waals surface area contributed by atoms with Crippen LogP contribution in [0.1, 0.15) is 11.1 Å². The molecule has 0 spiro atoms. The van der Waals surface area contributed by atoms with Gasteiger partial charge in [0.1, 0.15) is 0 Å². The van der Waals surface area contributed by atoms with Gasteiger partial charge in [-0.05, 0) is 52.5 Å². The third-order valence-electron chi connectivity index (χ3n) is 2.56. The zero-order valence-corrected chi connectivity index (χ0v) is 26.3. The van der Waals surface area contributed by atoms with Crippen LogP contribution in [-0.4, -0.2) is 11.1 Å². The Morgan fingerprint density at radius 1 is 0.862 bits per heavy atom. The van der Waals surface area contributed by atoms with E-state index in [2.05, 4.69) is 90.4 Å². The number of aliphatic carboxylic acids is 1. The monoisotopic (exact) mass is 1040 g/mol. The fraction of sp³-hybridized carbons (Fsp3) is 0. The second kappa shape index (κ2) is 21.1. The van der Waals surface area contributed by atoms with Gasteiger partial charge in [-0.25, -0.2) is 22.4 Å². The van der Waals surface area contributed by atoms with E-state index in [1.807, 2.05) is 0 Å². The average molecular weight is 1040 g/mol. The second-order valence-electron chi connectivity index (χ2n) is 4.37. The number of rotatable bonds is 3. The summed E-state index contributed by atoms with van der Waals surface area (Å²) in [4.78, 5) is 11.7. The van der Waals surface area contributed by atoms with Gasteiger partial charge in [-0.1, -0.05) is 28.1 Å². The van der Waals surface area contributed by atoms with Crippen LogP contribution in [0.5, 0.6) is 0 Å². The van der Waals surface area contributed by atoms with Crippen molar-refractivity contribution in [2.24, 2.45) is 0 Å². The molecule has 0 amide bonds. The molecule has 12 heteroatoms. The van der Waals surface area contributed by atoms with Crippen LogP contribution in [0.3, 0.4) is 0 Å². The van der Waals surface area contributed by atoms with Crippen LogP contribution in [-0.2, 0) is 4.79 Å². The normalized spacial score (nSPS) is 9.83. The molecule has 29 heavy (non-hydrogen) atoms. The molecule has 1 N–H and O–H groups in total. The van der Waals surface area contributed by atoms with Gasteiger partial charge >= 0.3 is 56.5 Å². The van der Waals surface area contributed by atoms with E-state index in [0.29, 0.717) is 24.4 Å². The summed E-state index contributed by atoms with van der Waals surface area (Å²) in [5.74, 6) is -4.73. The predicted octanol–water partition coefficient (Wildman–Crippen LogP) is 5.94. The Morgan fingerprint density at radius 3 is 1.55 bits per heavy atom. The molecule has 0 bridgehead atoms. The van der Waals surface area contributed by atoms with E-state index in [1.165, 1.54) is 18.2 Å². The first-order chi connectivity index (χ1) is 13.7. The summed E-state index contributed by atoms with van der Waals surface area (Å²) >= 11 is 12.6. The maximum Gasteiger partial charge on any atom is 0.328 e. The topological polar surface area (TPSA) is 37.3 Å². The van der Waals surface area contributed by atoms with E-state index in [1.54, 1.807) is 11.1 Å². The first kappa shape index (κ1) is 32.4. The van der Waals surface area contributed by atoms with E-state index < -0.39 is 29.2 Å². The largest absolute Gasteiger partial charge is 0.478 e. The van der Waals surface area contributed by atoms with Crippen LogP contribution in [0.2, 0.25) is 0 Å². The summed E-state index contributed by atoms with van der Waals surface area (Å²) < 4.78 is 49.7. The maximum atomic E-state index is 12.5. The molecule has 2 nitrogen and oxygen atoms in total. The Bertz CT molecular complexity index is 807. The molecule has 0 saturated carbocycles. The summed E-state index contributed by atoms with van der Waals surface area (Å²) in [6.45, 7) is 0. The van der Waals surface area contributed by atoms with Crippen LogP contribution < -0.4 is 13.3 Å². The summed E-state index contributed by atoms with van der Waals surface area (Å²) in [6, 6.07) is 6.88. The molecule has 0 heterocycles. The molecular weight excluding hydrogens is 1030 g/mol. The Balaban J connectivity index is 0. The second-order valence-corrected chi connectivity index (χ2v) is 21.1. The number of halogens is 10. The fourth-order valence-electron chi connectivity index (χ4n) is 1.47. The first-order valence-corrected chi connectivity index (χ1v) is 26.6. The molecule has 0 aromatic heterocycles. The van der Waals surface area contributed by atoms with E-state index in [-0.39, 0.29) is 0 Å². The molecule has 0 saturated heterocycles. The van der Waals surface area contributed by atoms with Crippen LogP contribution in [0, 0.1) is 23.3 Å². The third-order valence-corrected chi connectivity index (χ3v) is 2.83. The quantitative estimate of drug-likeness (QED) is 0.235. The van der Waals surface area contributed by atoms with Gasteiger partial charge in [0.15, 0.2) is 23.3 Å². The minimum Gasteiger partial charge on any atom is -0.478 e. The van der Waals surface area contributed by atoms with Crippen molar-refractivity contribution in [2.45, 2.75) is 0 Å². The zero-order chi connectivity index (χ0) is 22.8. The van der Waals surface area contributed by atoms with Gasteiger partial charge in [-0.3, -0.25) is 0 Å². The first-order valence-electron chi connectivity index (χ1n) is 6.84. The minimum absolute atomic E-state index is 0.307. The molecule has 0 aliphatic carbocycles.